The van der Waals surface area contributed by atoms with Crippen LogP contribution in [-0.4, -0.2) is 36.3 Å². The largest absolute Gasteiger partial charge is 0.485 e. The molecule has 4 rings (SSSR count). The number of rotatable bonds is 4. The van der Waals surface area contributed by atoms with Gasteiger partial charge in [-0.3, -0.25) is 9.78 Å². The Bertz CT molecular complexity index is 1120. The first-order chi connectivity index (χ1) is 12.5. The number of carbonyl (C=O) groups excluding carboxylic acids is 1. The highest BCUT2D eigenvalue weighted by Crippen LogP contribution is 2.32. The van der Waals surface area contributed by atoms with Crippen molar-refractivity contribution in [3.8, 4) is 5.75 Å². The summed E-state index contributed by atoms with van der Waals surface area (Å²) >= 11 is 0. The summed E-state index contributed by atoms with van der Waals surface area (Å²) in [4.78, 5) is 16.2. The molecular weight excluding hydrogens is 354 g/mol. The summed E-state index contributed by atoms with van der Waals surface area (Å²) < 4.78 is 33.4. The van der Waals surface area contributed by atoms with E-state index in [0.717, 1.165) is 5.56 Å². The predicted molar refractivity (Wildman–Crippen MR) is 95.7 cm³/mol. The van der Waals surface area contributed by atoms with Crippen LogP contribution in [0.4, 0.5) is 0 Å². The number of benzene rings is 1. The van der Waals surface area contributed by atoms with Crippen LogP contribution in [0, 0.1) is 0 Å². The van der Waals surface area contributed by atoms with Gasteiger partial charge in [0.05, 0.1) is 15.9 Å². The minimum absolute atomic E-state index is 0.0342. The van der Waals surface area contributed by atoms with Crippen molar-refractivity contribution >= 4 is 26.8 Å². The normalized spacial score (nSPS) is 14.3. The van der Waals surface area contributed by atoms with Crippen LogP contribution in [0.25, 0.3) is 11.0 Å². The van der Waals surface area contributed by atoms with Crippen LogP contribution in [0.1, 0.15) is 11.1 Å². The second-order valence-electron chi connectivity index (χ2n) is 6.10. The average Bonchev–Trinajstić information content (AvgIpc) is 3.01. The highest BCUT2D eigenvalue weighted by Gasteiger charge is 2.29. The lowest BCUT2D eigenvalue weighted by atomic mass is 10.1. The van der Waals surface area contributed by atoms with Crippen molar-refractivity contribution in [2.45, 2.75) is 17.7 Å². The third-order valence-corrected chi connectivity index (χ3v) is 6.16. The summed E-state index contributed by atoms with van der Waals surface area (Å²) in [5, 5.41) is 0. The number of fused-ring (bicyclic) bond motifs is 2. The fraction of sp³-hybridized carbons (Fsp3) is 0.222. The van der Waals surface area contributed by atoms with Crippen LogP contribution < -0.4 is 10.5 Å². The number of nitrogens with two attached hydrogens (primary N) is 1. The van der Waals surface area contributed by atoms with Gasteiger partial charge in [0.1, 0.15) is 12.4 Å². The zero-order valence-corrected chi connectivity index (χ0v) is 14.7. The molecule has 0 fully saturated rings. The molecule has 3 heterocycles. The number of ketones is 1. The van der Waals surface area contributed by atoms with Gasteiger partial charge in [-0.05, 0) is 42.8 Å². The summed E-state index contributed by atoms with van der Waals surface area (Å²) in [6, 6.07) is 8.19. The molecule has 0 atom stereocenters. The van der Waals surface area contributed by atoms with E-state index >= 15 is 0 Å². The Kier molecular flexibility index (Phi) is 4.01. The standard InChI is InChI=1S/C18H17N3O4S/c19-7-6-12-10-21(15-3-2-8-20-18(12)15)26(23,24)17-5-1-4-16-14(17)9-13(22)11-25-16/h1-5,8,10H,6-7,9,11,19H2. The second kappa shape index (κ2) is 6.22. The van der Waals surface area contributed by atoms with Gasteiger partial charge < -0.3 is 10.5 Å². The Balaban J connectivity index is 1.94. The molecule has 8 heteroatoms. The van der Waals surface area contributed by atoms with Gasteiger partial charge in [0.2, 0.25) is 0 Å². The van der Waals surface area contributed by atoms with Crippen LogP contribution in [0.2, 0.25) is 0 Å². The molecule has 3 aromatic rings. The fourth-order valence-electron chi connectivity index (χ4n) is 3.24. The lowest BCUT2D eigenvalue weighted by Gasteiger charge is -2.19. The molecule has 0 spiro atoms. The van der Waals surface area contributed by atoms with Crippen molar-refractivity contribution < 1.29 is 17.9 Å². The Labute approximate surface area is 150 Å². The summed E-state index contributed by atoms with van der Waals surface area (Å²) in [5.74, 6) is 0.283. The molecule has 0 amide bonds. The zero-order valence-electron chi connectivity index (χ0n) is 13.9. The molecule has 1 aliphatic heterocycles. The number of pyridine rings is 1. The molecule has 134 valence electrons. The number of nitrogens with zero attached hydrogens (tertiary/aromatic N) is 2. The van der Waals surface area contributed by atoms with Crippen molar-refractivity contribution in [3.05, 3.63) is 53.9 Å². The van der Waals surface area contributed by atoms with E-state index in [1.165, 1.54) is 10.0 Å². The van der Waals surface area contributed by atoms with Crippen molar-refractivity contribution in [1.82, 2.24) is 8.96 Å². The Morgan fingerprint density at radius 3 is 2.88 bits per heavy atom. The molecular formula is C18H17N3O4S. The maximum absolute atomic E-state index is 13.4. The van der Waals surface area contributed by atoms with E-state index in [1.54, 1.807) is 36.7 Å². The minimum Gasteiger partial charge on any atom is -0.485 e. The molecule has 0 radical (unpaired) electrons. The third kappa shape index (κ3) is 2.58. The molecule has 0 unspecified atom stereocenters. The molecule has 26 heavy (non-hydrogen) atoms. The number of hydrogen-bond donors (Lipinski definition) is 1. The van der Waals surface area contributed by atoms with Gasteiger partial charge in [-0.15, -0.1) is 0 Å². The maximum atomic E-state index is 13.4. The van der Waals surface area contributed by atoms with Crippen LogP contribution in [0.3, 0.4) is 0 Å². The minimum atomic E-state index is -3.92. The maximum Gasteiger partial charge on any atom is 0.268 e. The highest BCUT2D eigenvalue weighted by atomic mass is 32.2. The van der Waals surface area contributed by atoms with Gasteiger partial charge in [-0.2, -0.15) is 0 Å². The quantitative estimate of drug-likeness (QED) is 0.741. The van der Waals surface area contributed by atoms with Gasteiger partial charge in [0.25, 0.3) is 10.0 Å². The first kappa shape index (κ1) is 16.7. The Morgan fingerprint density at radius 2 is 2.08 bits per heavy atom. The summed E-state index contributed by atoms with van der Waals surface area (Å²) in [6.45, 7) is 0.354. The van der Waals surface area contributed by atoms with Gasteiger partial charge in [0.15, 0.2) is 5.78 Å². The first-order valence-electron chi connectivity index (χ1n) is 8.19. The zero-order chi connectivity index (χ0) is 18.3. The number of aromatic nitrogens is 2. The third-order valence-electron chi connectivity index (χ3n) is 4.40. The van der Waals surface area contributed by atoms with E-state index in [4.69, 9.17) is 10.5 Å². The Hall–Kier alpha value is -2.71. The fourth-order valence-corrected chi connectivity index (χ4v) is 4.86. The molecule has 0 aliphatic carbocycles. The van der Waals surface area contributed by atoms with Crippen LogP contribution in [0.15, 0.2) is 47.6 Å². The highest BCUT2D eigenvalue weighted by molar-refractivity contribution is 7.90. The molecule has 1 aliphatic rings. The predicted octanol–water partition coefficient (Wildman–Crippen LogP) is 1.28. The number of hydrogen-bond acceptors (Lipinski definition) is 6. The van der Waals surface area contributed by atoms with Gasteiger partial charge in [-0.25, -0.2) is 12.4 Å². The number of Topliss-reactive ketones (excluding diaryl/α,β-unsaturated/α-hetero) is 1. The van der Waals surface area contributed by atoms with Crippen LogP contribution in [-0.2, 0) is 27.7 Å². The second-order valence-corrected chi connectivity index (χ2v) is 7.89. The summed E-state index contributed by atoms with van der Waals surface area (Å²) in [7, 11) is -3.92. The molecule has 0 saturated heterocycles. The molecule has 2 N–H and O–H groups in total. The van der Waals surface area contributed by atoms with E-state index in [2.05, 4.69) is 4.98 Å². The summed E-state index contributed by atoms with van der Waals surface area (Å²) in [6.07, 6.45) is 3.74. The van der Waals surface area contributed by atoms with Gasteiger partial charge in [0, 0.05) is 24.4 Å². The van der Waals surface area contributed by atoms with Crippen molar-refractivity contribution in [1.29, 1.82) is 0 Å². The lowest BCUT2D eigenvalue weighted by Crippen LogP contribution is -2.23. The van der Waals surface area contributed by atoms with Crippen LogP contribution in [0.5, 0.6) is 5.75 Å². The van der Waals surface area contributed by atoms with Crippen molar-refractivity contribution in [3.63, 3.8) is 0 Å². The smallest absolute Gasteiger partial charge is 0.268 e. The van der Waals surface area contributed by atoms with E-state index in [0.29, 0.717) is 35.3 Å². The van der Waals surface area contributed by atoms with Gasteiger partial charge >= 0.3 is 0 Å². The van der Waals surface area contributed by atoms with E-state index in [9.17, 15) is 13.2 Å². The average molecular weight is 371 g/mol. The van der Waals surface area contributed by atoms with Gasteiger partial charge in [-0.1, -0.05) is 6.07 Å². The molecule has 0 saturated carbocycles. The van der Waals surface area contributed by atoms with E-state index in [1.807, 2.05) is 0 Å². The SMILES string of the molecule is NCCc1cn(S(=O)(=O)c2cccc3c2CC(=O)CO3)c2cccnc12. The van der Waals surface area contributed by atoms with Crippen molar-refractivity contribution in [2.75, 3.05) is 13.2 Å². The Morgan fingerprint density at radius 1 is 1.23 bits per heavy atom. The lowest BCUT2D eigenvalue weighted by molar-refractivity contribution is -0.121. The monoisotopic (exact) mass is 371 g/mol. The molecule has 7 nitrogen and oxygen atoms in total. The summed E-state index contributed by atoms with van der Waals surface area (Å²) in [5.41, 5.74) is 7.91. The van der Waals surface area contributed by atoms with E-state index in [-0.39, 0.29) is 23.7 Å². The number of carbonyl (C=O) groups is 1. The number of ether oxygens (including phenoxy) is 1. The first-order valence-corrected chi connectivity index (χ1v) is 9.63. The molecule has 0 bridgehead atoms. The van der Waals surface area contributed by atoms with Crippen LogP contribution >= 0.6 is 0 Å². The molecule has 1 aromatic carbocycles. The van der Waals surface area contributed by atoms with E-state index < -0.39 is 10.0 Å². The molecule has 2 aromatic heterocycles. The van der Waals surface area contributed by atoms with Crippen molar-refractivity contribution in [2.24, 2.45) is 5.73 Å². The topological polar surface area (TPSA) is 104 Å².